The minimum absolute atomic E-state index is 0.0459. The quantitative estimate of drug-likeness (QED) is 0.506. The van der Waals surface area contributed by atoms with Gasteiger partial charge in [0.15, 0.2) is 0 Å². The highest BCUT2D eigenvalue weighted by Gasteiger charge is 2.45. The predicted molar refractivity (Wildman–Crippen MR) is 90.7 cm³/mol. The van der Waals surface area contributed by atoms with Crippen LogP contribution in [-0.4, -0.2) is 40.6 Å². The van der Waals surface area contributed by atoms with Gasteiger partial charge in [-0.05, 0) is 17.7 Å². The molecule has 25 heavy (non-hydrogen) atoms. The van der Waals surface area contributed by atoms with Crippen molar-refractivity contribution in [1.82, 2.24) is 4.90 Å². The lowest BCUT2D eigenvalue weighted by atomic mass is 9.95. The fourth-order valence-electron chi connectivity index (χ4n) is 2.91. The van der Waals surface area contributed by atoms with Crippen molar-refractivity contribution in [3.63, 3.8) is 0 Å². The zero-order chi connectivity index (χ0) is 18.0. The van der Waals surface area contributed by atoms with E-state index in [1.807, 2.05) is 0 Å². The van der Waals surface area contributed by atoms with Crippen LogP contribution in [0.3, 0.4) is 0 Å². The topological polar surface area (TPSA) is 87.1 Å². The molecule has 2 aromatic rings. The largest absolute Gasteiger partial charge is 0.507 e. The summed E-state index contributed by atoms with van der Waals surface area (Å²) in [6, 6.07) is 14.4. The van der Waals surface area contributed by atoms with E-state index in [4.69, 9.17) is 4.74 Å². The van der Waals surface area contributed by atoms with Crippen LogP contribution in [0.25, 0.3) is 5.76 Å². The normalized spacial score (nSPS) is 19.3. The molecule has 0 aromatic heterocycles. The van der Waals surface area contributed by atoms with Gasteiger partial charge in [-0.2, -0.15) is 0 Å². The van der Waals surface area contributed by atoms with Gasteiger partial charge in [-0.3, -0.25) is 9.59 Å². The lowest BCUT2D eigenvalue weighted by Gasteiger charge is -2.23. The molecule has 1 saturated heterocycles. The van der Waals surface area contributed by atoms with Gasteiger partial charge in [-0.15, -0.1) is 0 Å². The maximum atomic E-state index is 12.5. The van der Waals surface area contributed by atoms with E-state index in [0.29, 0.717) is 16.9 Å². The van der Waals surface area contributed by atoms with E-state index < -0.39 is 24.5 Å². The molecule has 0 aliphatic carbocycles. The van der Waals surface area contributed by atoms with Gasteiger partial charge >= 0.3 is 0 Å². The average Bonchev–Trinajstić information content (AvgIpc) is 2.92. The van der Waals surface area contributed by atoms with Gasteiger partial charge in [-0.1, -0.05) is 42.5 Å². The summed E-state index contributed by atoms with van der Waals surface area (Å²) in [5.41, 5.74) is 0.971. The predicted octanol–water partition coefficient (Wildman–Crippen LogP) is 2.07. The Morgan fingerprint density at radius 2 is 1.72 bits per heavy atom. The number of rotatable bonds is 4. The van der Waals surface area contributed by atoms with Crippen LogP contribution in [-0.2, 0) is 9.59 Å². The van der Waals surface area contributed by atoms with Crippen molar-refractivity contribution < 1.29 is 24.5 Å². The number of methoxy groups -OCH3 is 1. The molecule has 0 saturated carbocycles. The Morgan fingerprint density at radius 1 is 1.08 bits per heavy atom. The molecule has 0 bridgehead atoms. The molecule has 1 atom stereocenters. The third kappa shape index (κ3) is 2.88. The molecule has 1 unspecified atom stereocenters. The molecule has 6 heteroatoms. The lowest BCUT2D eigenvalue weighted by Crippen LogP contribution is -2.30. The lowest BCUT2D eigenvalue weighted by molar-refractivity contribution is -0.142. The second-order valence-electron chi connectivity index (χ2n) is 5.55. The van der Waals surface area contributed by atoms with E-state index in [1.54, 1.807) is 54.6 Å². The summed E-state index contributed by atoms with van der Waals surface area (Å²) in [6.45, 7) is -0.632. The maximum absolute atomic E-state index is 12.5. The molecular weight excluding hydrogens is 322 g/mol. The van der Waals surface area contributed by atoms with E-state index in [0.717, 1.165) is 4.90 Å². The Morgan fingerprint density at radius 3 is 2.28 bits per heavy atom. The molecule has 6 nitrogen and oxygen atoms in total. The highest BCUT2D eigenvalue weighted by molar-refractivity contribution is 6.46. The highest BCUT2D eigenvalue weighted by atomic mass is 16.5. The Kier molecular flexibility index (Phi) is 4.54. The van der Waals surface area contributed by atoms with E-state index in [9.17, 15) is 19.8 Å². The number of aliphatic hydroxyl groups excluding tert-OH is 2. The standard InChI is InChI=1S/C19H17NO5/c1-25-14-9-7-12(8-10-14)16-15(18(23)19(24)20(16)11-21)17(22)13-5-3-2-4-6-13/h2-10,16,21-22H,11H2,1H3/b17-15+. The smallest absolute Gasteiger partial charge is 0.297 e. The Labute approximate surface area is 144 Å². The zero-order valence-corrected chi connectivity index (χ0v) is 13.5. The molecular formula is C19H17NO5. The number of amides is 1. The first-order valence-corrected chi connectivity index (χ1v) is 7.67. The second kappa shape index (κ2) is 6.78. The second-order valence-corrected chi connectivity index (χ2v) is 5.55. The van der Waals surface area contributed by atoms with Crippen LogP contribution >= 0.6 is 0 Å². The van der Waals surface area contributed by atoms with Crippen LogP contribution in [0.4, 0.5) is 0 Å². The summed E-state index contributed by atoms with van der Waals surface area (Å²) in [6.07, 6.45) is 0. The van der Waals surface area contributed by atoms with Crippen LogP contribution in [0.2, 0.25) is 0 Å². The Bertz CT molecular complexity index is 827. The number of carbonyl (C=O) groups is 2. The van der Waals surface area contributed by atoms with Crippen LogP contribution < -0.4 is 4.74 Å². The minimum atomic E-state index is -0.865. The van der Waals surface area contributed by atoms with Crippen molar-refractivity contribution in [1.29, 1.82) is 0 Å². The number of hydrogen-bond donors (Lipinski definition) is 2. The highest BCUT2D eigenvalue weighted by Crippen LogP contribution is 2.39. The van der Waals surface area contributed by atoms with E-state index in [-0.39, 0.29) is 11.3 Å². The number of hydrogen-bond acceptors (Lipinski definition) is 5. The molecule has 0 radical (unpaired) electrons. The third-order valence-electron chi connectivity index (χ3n) is 4.17. The van der Waals surface area contributed by atoms with Crippen molar-refractivity contribution in [3.8, 4) is 5.75 Å². The van der Waals surface area contributed by atoms with Gasteiger partial charge in [0.05, 0.1) is 18.7 Å². The molecule has 1 heterocycles. The fraction of sp³-hybridized carbons (Fsp3) is 0.158. The Hall–Kier alpha value is -3.12. The van der Waals surface area contributed by atoms with Gasteiger partial charge in [0.2, 0.25) is 0 Å². The molecule has 2 N–H and O–H groups in total. The van der Waals surface area contributed by atoms with Crippen molar-refractivity contribution >= 4 is 17.4 Å². The van der Waals surface area contributed by atoms with Gasteiger partial charge in [-0.25, -0.2) is 0 Å². The third-order valence-corrected chi connectivity index (χ3v) is 4.17. The van der Waals surface area contributed by atoms with E-state index >= 15 is 0 Å². The summed E-state index contributed by atoms with van der Waals surface area (Å²) in [5.74, 6) is -1.32. The maximum Gasteiger partial charge on any atom is 0.297 e. The number of nitrogens with zero attached hydrogens (tertiary/aromatic N) is 1. The number of aliphatic hydroxyl groups is 2. The summed E-state index contributed by atoms with van der Waals surface area (Å²) in [5, 5.41) is 20.2. The van der Waals surface area contributed by atoms with Crippen LogP contribution in [0.5, 0.6) is 5.75 Å². The van der Waals surface area contributed by atoms with Crippen molar-refractivity contribution in [2.24, 2.45) is 0 Å². The first-order chi connectivity index (χ1) is 12.1. The van der Waals surface area contributed by atoms with Gasteiger partial charge in [0.25, 0.3) is 11.7 Å². The number of Topliss-reactive ketones (excluding diaryl/α,β-unsaturated/α-hetero) is 1. The zero-order valence-electron chi connectivity index (χ0n) is 13.5. The molecule has 2 aromatic carbocycles. The van der Waals surface area contributed by atoms with Crippen LogP contribution in [0.15, 0.2) is 60.2 Å². The fourth-order valence-corrected chi connectivity index (χ4v) is 2.91. The molecule has 3 rings (SSSR count). The monoisotopic (exact) mass is 339 g/mol. The first-order valence-electron chi connectivity index (χ1n) is 7.67. The molecule has 0 spiro atoms. The van der Waals surface area contributed by atoms with Crippen molar-refractivity contribution in [2.45, 2.75) is 6.04 Å². The number of ketones is 1. The summed E-state index contributed by atoms with van der Waals surface area (Å²) >= 11 is 0. The van der Waals surface area contributed by atoms with Crippen molar-refractivity contribution in [2.75, 3.05) is 13.8 Å². The summed E-state index contributed by atoms with van der Waals surface area (Å²) in [4.78, 5) is 25.7. The summed E-state index contributed by atoms with van der Waals surface area (Å²) in [7, 11) is 1.53. The molecule has 128 valence electrons. The molecule has 1 fully saturated rings. The Balaban J connectivity index is 2.16. The SMILES string of the molecule is COc1ccc(C2/C(=C(\O)c3ccccc3)C(=O)C(=O)N2CO)cc1. The average molecular weight is 339 g/mol. The number of benzene rings is 2. The van der Waals surface area contributed by atoms with Gasteiger partial charge in [0, 0.05) is 5.56 Å². The van der Waals surface area contributed by atoms with E-state index in [1.165, 1.54) is 7.11 Å². The first kappa shape index (κ1) is 16.7. The molecule has 1 aliphatic rings. The van der Waals surface area contributed by atoms with Crippen LogP contribution in [0.1, 0.15) is 17.2 Å². The number of ether oxygens (including phenoxy) is 1. The van der Waals surface area contributed by atoms with Crippen LogP contribution in [0, 0.1) is 0 Å². The number of carbonyl (C=O) groups excluding carboxylic acids is 2. The molecule has 1 amide bonds. The number of likely N-dealkylation sites (tertiary alicyclic amines) is 1. The molecule has 1 aliphatic heterocycles. The van der Waals surface area contributed by atoms with Gasteiger partial charge in [0.1, 0.15) is 18.2 Å². The van der Waals surface area contributed by atoms with Gasteiger partial charge < -0.3 is 19.8 Å². The minimum Gasteiger partial charge on any atom is -0.507 e. The summed E-state index contributed by atoms with van der Waals surface area (Å²) < 4.78 is 5.11. The van der Waals surface area contributed by atoms with Crippen molar-refractivity contribution in [3.05, 3.63) is 71.3 Å². The van der Waals surface area contributed by atoms with E-state index in [2.05, 4.69) is 0 Å².